The third kappa shape index (κ3) is 7.46. The Bertz CT molecular complexity index is 591. The quantitative estimate of drug-likeness (QED) is 0.692. The molecule has 21 heavy (non-hydrogen) atoms. The summed E-state index contributed by atoms with van der Waals surface area (Å²) >= 11 is 0. The van der Waals surface area contributed by atoms with Crippen LogP contribution in [0.3, 0.4) is 0 Å². The van der Waals surface area contributed by atoms with E-state index in [1.54, 1.807) is 11.0 Å². The van der Waals surface area contributed by atoms with Gasteiger partial charge in [-0.1, -0.05) is 48.6 Å². The van der Waals surface area contributed by atoms with E-state index in [-0.39, 0.29) is 18.1 Å². The summed E-state index contributed by atoms with van der Waals surface area (Å²) in [4.78, 5) is 13.6. The van der Waals surface area contributed by atoms with Gasteiger partial charge in [0, 0.05) is 25.8 Å². The fourth-order valence-electron chi connectivity index (χ4n) is 1.75. The Labute approximate surface area is 126 Å². The van der Waals surface area contributed by atoms with E-state index >= 15 is 0 Å². The maximum atomic E-state index is 12.0. The predicted octanol–water partition coefficient (Wildman–Crippen LogP) is 2.15. The molecule has 0 saturated carbocycles. The molecule has 1 rings (SSSR count). The highest BCUT2D eigenvalue weighted by Crippen LogP contribution is 2.03. The number of sulfone groups is 1. The Balaban J connectivity index is 2.58. The molecule has 0 fully saturated rings. The summed E-state index contributed by atoms with van der Waals surface area (Å²) in [5.41, 5.74) is 1.06. The molecule has 114 valence electrons. The van der Waals surface area contributed by atoms with Crippen LogP contribution in [0.15, 0.2) is 49.1 Å². The molecule has 0 radical (unpaired) electrons. The van der Waals surface area contributed by atoms with Gasteiger partial charge >= 0.3 is 0 Å². The third-order valence-electron chi connectivity index (χ3n) is 2.82. The van der Waals surface area contributed by atoms with E-state index in [1.165, 1.54) is 0 Å². The van der Waals surface area contributed by atoms with E-state index < -0.39 is 9.84 Å². The number of hydrogen-bond donors (Lipinski definition) is 0. The summed E-state index contributed by atoms with van der Waals surface area (Å²) in [6.45, 7) is 4.46. The van der Waals surface area contributed by atoms with Crippen molar-refractivity contribution in [1.82, 2.24) is 4.90 Å². The van der Waals surface area contributed by atoms with Crippen molar-refractivity contribution in [3.8, 4) is 0 Å². The number of benzene rings is 1. The van der Waals surface area contributed by atoms with Crippen molar-refractivity contribution in [2.45, 2.75) is 6.42 Å². The molecule has 0 heterocycles. The van der Waals surface area contributed by atoms with Gasteiger partial charge in [0.05, 0.1) is 5.75 Å². The van der Waals surface area contributed by atoms with Gasteiger partial charge in [-0.05, 0) is 5.56 Å². The van der Waals surface area contributed by atoms with E-state index in [0.717, 1.165) is 11.8 Å². The highest BCUT2D eigenvalue weighted by Gasteiger charge is 2.13. The molecule has 1 aromatic carbocycles. The van der Waals surface area contributed by atoms with Crippen LogP contribution in [0.25, 0.3) is 6.08 Å². The summed E-state index contributed by atoms with van der Waals surface area (Å²) in [7, 11) is -3.12. The monoisotopic (exact) mass is 307 g/mol. The molecule has 0 spiro atoms. The number of carbonyl (C=O) groups is 1. The Morgan fingerprint density at radius 3 is 2.48 bits per heavy atom. The first-order valence-electron chi connectivity index (χ1n) is 6.70. The van der Waals surface area contributed by atoms with Gasteiger partial charge in [-0.3, -0.25) is 4.79 Å². The van der Waals surface area contributed by atoms with Crippen molar-refractivity contribution >= 4 is 21.8 Å². The minimum absolute atomic E-state index is 0.00580. The number of nitrogens with zero attached hydrogens (tertiary/aromatic N) is 1. The van der Waals surface area contributed by atoms with Gasteiger partial charge < -0.3 is 4.90 Å². The topological polar surface area (TPSA) is 54.5 Å². The van der Waals surface area contributed by atoms with Crippen LogP contribution in [-0.2, 0) is 14.6 Å². The molecule has 4 nitrogen and oxygen atoms in total. The maximum absolute atomic E-state index is 12.0. The molecule has 0 aromatic heterocycles. The van der Waals surface area contributed by atoms with Gasteiger partial charge in [0.1, 0.15) is 9.84 Å². The average Bonchev–Trinajstić information content (AvgIpc) is 2.44. The van der Waals surface area contributed by atoms with Crippen LogP contribution < -0.4 is 0 Å². The molecule has 0 aliphatic heterocycles. The third-order valence-corrected chi connectivity index (χ3v) is 3.77. The Hall–Kier alpha value is -1.88. The van der Waals surface area contributed by atoms with Crippen LogP contribution in [0.4, 0.5) is 0 Å². The summed E-state index contributed by atoms with van der Waals surface area (Å²) < 4.78 is 22.2. The SMILES string of the molecule is C=CCN(C/C=C/c1ccccc1)C(=O)CCS(C)(=O)=O. The first-order chi connectivity index (χ1) is 9.92. The van der Waals surface area contributed by atoms with Crippen molar-refractivity contribution in [2.24, 2.45) is 0 Å². The molecule has 0 N–H and O–H groups in total. The molecular formula is C16H21NO3S. The van der Waals surface area contributed by atoms with Gasteiger partial charge in [0.25, 0.3) is 0 Å². The standard InChI is InChI=1S/C16H21NO3S/c1-3-12-17(16(18)11-14-21(2,19)20)13-7-10-15-8-5-4-6-9-15/h3-10H,1,11-14H2,2H3/b10-7+. The van der Waals surface area contributed by atoms with E-state index in [1.807, 2.05) is 42.5 Å². The fraction of sp³-hybridized carbons (Fsp3) is 0.312. The summed E-state index contributed by atoms with van der Waals surface area (Å²) in [5, 5.41) is 0. The van der Waals surface area contributed by atoms with Gasteiger partial charge in [0.2, 0.25) is 5.91 Å². The molecule has 0 saturated heterocycles. The Kier molecular flexibility index (Phi) is 6.88. The number of amides is 1. The maximum Gasteiger partial charge on any atom is 0.224 e. The lowest BCUT2D eigenvalue weighted by Gasteiger charge is -2.19. The largest absolute Gasteiger partial charge is 0.335 e. The molecular weight excluding hydrogens is 286 g/mol. The smallest absolute Gasteiger partial charge is 0.224 e. The van der Waals surface area contributed by atoms with E-state index in [9.17, 15) is 13.2 Å². The average molecular weight is 307 g/mol. The van der Waals surface area contributed by atoms with E-state index in [0.29, 0.717) is 13.1 Å². The zero-order valence-corrected chi connectivity index (χ0v) is 13.1. The van der Waals surface area contributed by atoms with Crippen LogP contribution in [0.5, 0.6) is 0 Å². The van der Waals surface area contributed by atoms with Crippen LogP contribution in [-0.4, -0.2) is 44.3 Å². The zero-order valence-electron chi connectivity index (χ0n) is 12.2. The van der Waals surface area contributed by atoms with Crippen LogP contribution in [0.2, 0.25) is 0 Å². The van der Waals surface area contributed by atoms with Crippen molar-refractivity contribution < 1.29 is 13.2 Å². The minimum atomic E-state index is -3.12. The lowest BCUT2D eigenvalue weighted by atomic mass is 10.2. The summed E-state index contributed by atoms with van der Waals surface area (Å²) in [6, 6.07) is 9.77. The molecule has 0 bridgehead atoms. The number of hydrogen-bond acceptors (Lipinski definition) is 3. The van der Waals surface area contributed by atoms with Crippen molar-refractivity contribution in [3.05, 3.63) is 54.6 Å². The normalized spacial score (nSPS) is 11.5. The van der Waals surface area contributed by atoms with Crippen molar-refractivity contribution in [1.29, 1.82) is 0 Å². The molecule has 0 aliphatic carbocycles. The molecule has 0 atom stereocenters. The van der Waals surface area contributed by atoms with E-state index in [2.05, 4.69) is 6.58 Å². The van der Waals surface area contributed by atoms with Crippen LogP contribution >= 0.6 is 0 Å². The second kappa shape index (κ2) is 8.42. The van der Waals surface area contributed by atoms with E-state index in [4.69, 9.17) is 0 Å². The number of carbonyl (C=O) groups excluding carboxylic acids is 1. The number of rotatable bonds is 8. The molecule has 1 aromatic rings. The molecule has 5 heteroatoms. The lowest BCUT2D eigenvalue weighted by molar-refractivity contribution is -0.129. The Morgan fingerprint density at radius 2 is 1.90 bits per heavy atom. The van der Waals surface area contributed by atoms with Gasteiger partial charge in [-0.25, -0.2) is 8.42 Å². The van der Waals surface area contributed by atoms with Gasteiger partial charge in [-0.15, -0.1) is 6.58 Å². The molecule has 0 aliphatic rings. The summed E-state index contributed by atoms with van der Waals surface area (Å²) in [6.07, 6.45) is 6.59. The molecule has 0 unspecified atom stereocenters. The van der Waals surface area contributed by atoms with Crippen molar-refractivity contribution in [3.63, 3.8) is 0 Å². The van der Waals surface area contributed by atoms with Gasteiger partial charge in [0.15, 0.2) is 0 Å². The first kappa shape index (κ1) is 17.2. The Morgan fingerprint density at radius 1 is 1.24 bits per heavy atom. The minimum Gasteiger partial charge on any atom is -0.335 e. The highest BCUT2D eigenvalue weighted by molar-refractivity contribution is 7.90. The fourth-order valence-corrected chi connectivity index (χ4v) is 2.29. The van der Waals surface area contributed by atoms with Gasteiger partial charge in [-0.2, -0.15) is 0 Å². The van der Waals surface area contributed by atoms with Crippen LogP contribution in [0, 0.1) is 0 Å². The van der Waals surface area contributed by atoms with Crippen molar-refractivity contribution in [2.75, 3.05) is 25.1 Å². The lowest BCUT2D eigenvalue weighted by Crippen LogP contribution is -2.32. The van der Waals surface area contributed by atoms with Crippen LogP contribution in [0.1, 0.15) is 12.0 Å². The second-order valence-electron chi connectivity index (χ2n) is 4.78. The molecule has 1 amide bonds. The second-order valence-corrected chi connectivity index (χ2v) is 7.04. The summed E-state index contributed by atoms with van der Waals surface area (Å²) in [5.74, 6) is -0.306. The first-order valence-corrected chi connectivity index (χ1v) is 8.76. The zero-order chi connectivity index (χ0) is 15.7. The predicted molar refractivity (Wildman–Crippen MR) is 86.6 cm³/mol. The highest BCUT2D eigenvalue weighted by atomic mass is 32.2.